The van der Waals surface area contributed by atoms with Gasteiger partial charge >= 0.3 is 5.97 Å². The molecule has 0 bridgehead atoms. The van der Waals surface area contributed by atoms with Crippen molar-refractivity contribution in [3.63, 3.8) is 0 Å². The summed E-state index contributed by atoms with van der Waals surface area (Å²) in [7, 11) is -3.77. The van der Waals surface area contributed by atoms with Crippen molar-refractivity contribution in [2.75, 3.05) is 11.3 Å². The van der Waals surface area contributed by atoms with Gasteiger partial charge in [-0.3, -0.25) is 4.72 Å². The first kappa shape index (κ1) is 18.5. The van der Waals surface area contributed by atoms with Gasteiger partial charge < -0.3 is 4.74 Å². The van der Waals surface area contributed by atoms with Gasteiger partial charge in [-0.1, -0.05) is 23.7 Å². The molecule has 0 heterocycles. The van der Waals surface area contributed by atoms with Crippen LogP contribution in [0.2, 0.25) is 5.02 Å². The predicted octanol–water partition coefficient (Wildman–Crippen LogP) is 3.95. The van der Waals surface area contributed by atoms with Crippen LogP contribution in [0.15, 0.2) is 46.9 Å². The van der Waals surface area contributed by atoms with Crippen LogP contribution in [0.1, 0.15) is 23.6 Å². The highest BCUT2D eigenvalue weighted by Crippen LogP contribution is 2.30. The Morgan fingerprint density at radius 1 is 1.27 bits per heavy atom. The van der Waals surface area contributed by atoms with Gasteiger partial charge in [0.25, 0.3) is 10.0 Å². The average molecular weight is 392 g/mol. The van der Waals surface area contributed by atoms with Crippen molar-refractivity contribution in [1.82, 2.24) is 0 Å². The quantitative estimate of drug-likeness (QED) is 0.783. The monoisotopic (exact) mass is 391 g/mol. The lowest BCUT2D eigenvalue weighted by atomic mass is 10.1. The zero-order valence-corrected chi connectivity index (χ0v) is 15.9. The molecule has 3 rings (SSSR count). The molecule has 2 aromatic carbocycles. The molecule has 0 aliphatic heterocycles. The summed E-state index contributed by atoms with van der Waals surface area (Å²) in [5.74, 6) is -0.347. The lowest BCUT2D eigenvalue weighted by Crippen LogP contribution is -2.14. The molecule has 26 heavy (non-hydrogen) atoms. The normalized spacial score (nSPS) is 13.1. The summed E-state index contributed by atoms with van der Waals surface area (Å²) in [6.45, 7) is 3.73. The van der Waals surface area contributed by atoms with Crippen molar-refractivity contribution in [2.24, 2.45) is 0 Å². The van der Waals surface area contributed by atoms with E-state index in [9.17, 15) is 13.2 Å². The summed E-state index contributed by atoms with van der Waals surface area (Å²) >= 11 is 6.03. The van der Waals surface area contributed by atoms with Crippen LogP contribution in [0.25, 0.3) is 6.08 Å². The maximum atomic E-state index is 12.7. The number of rotatable bonds is 5. The van der Waals surface area contributed by atoms with E-state index in [-0.39, 0.29) is 10.9 Å². The largest absolute Gasteiger partial charge is 0.463 e. The fourth-order valence-corrected chi connectivity index (χ4v) is 4.39. The number of anilines is 1. The molecule has 0 saturated heterocycles. The number of esters is 1. The Morgan fingerprint density at radius 2 is 2.04 bits per heavy atom. The second kappa shape index (κ2) is 7.13. The van der Waals surface area contributed by atoms with Crippen LogP contribution in [0.3, 0.4) is 0 Å². The maximum absolute atomic E-state index is 12.7. The van der Waals surface area contributed by atoms with E-state index in [2.05, 4.69) is 4.72 Å². The van der Waals surface area contributed by atoms with Crippen LogP contribution in [-0.2, 0) is 26.0 Å². The van der Waals surface area contributed by atoms with Crippen molar-refractivity contribution < 1.29 is 17.9 Å². The van der Waals surface area contributed by atoms with Crippen LogP contribution in [0.5, 0.6) is 0 Å². The first-order valence-corrected chi connectivity index (χ1v) is 9.96. The Bertz CT molecular complexity index is 1010. The van der Waals surface area contributed by atoms with Gasteiger partial charge in [0.2, 0.25) is 0 Å². The van der Waals surface area contributed by atoms with Gasteiger partial charge in [0.1, 0.15) is 0 Å². The smallest absolute Gasteiger partial charge is 0.334 e. The van der Waals surface area contributed by atoms with Gasteiger partial charge in [0, 0.05) is 22.7 Å². The summed E-state index contributed by atoms with van der Waals surface area (Å²) in [4.78, 5) is 12.0. The number of fused-ring (bicyclic) bond motifs is 1. The van der Waals surface area contributed by atoms with Gasteiger partial charge in [-0.15, -0.1) is 0 Å². The Hall–Kier alpha value is -2.31. The molecule has 0 unspecified atom stereocenters. The third-order valence-electron chi connectivity index (χ3n) is 4.15. The fraction of sp³-hybridized carbons (Fsp3) is 0.211. The van der Waals surface area contributed by atoms with Gasteiger partial charge in [-0.2, -0.15) is 0 Å². The molecular formula is C19H18ClNO4S. The van der Waals surface area contributed by atoms with Crippen molar-refractivity contribution in [1.29, 1.82) is 0 Å². The van der Waals surface area contributed by atoms with Gasteiger partial charge in [0.05, 0.1) is 11.5 Å². The summed E-state index contributed by atoms with van der Waals surface area (Å²) in [6, 6.07) is 9.95. The molecule has 0 fully saturated rings. The number of nitrogens with one attached hydrogen (secondary N) is 1. The summed E-state index contributed by atoms with van der Waals surface area (Å²) < 4.78 is 32.9. The molecule has 0 aromatic heterocycles. The SMILES string of the molecule is CCOC(=O)C1=Cc2cc(NS(=O)(=O)c3cccc(Cl)c3C)ccc2C1. The third-order valence-corrected chi connectivity index (χ3v) is 6.09. The first-order valence-electron chi connectivity index (χ1n) is 8.10. The zero-order chi connectivity index (χ0) is 18.9. The minimum atomic E-state index is -3.77. The zero-order valence-electron chi connectivity index (χ0n) is 14.4. The lowest BCUT2D eigenvalue weighted by Gasteiger charge is -2.12. The molecule has 1 N–H and O–H groups in total. The van der Waals surface area contributed by atoms with E-state index in [4.69, 9.17) is 16.3 Å². The van der Waals surface area contributed by atoms with E-state index in [1.54, 1.807) is 50.3 Å². The predicted molar refractivity (Wildman–Crippen MR) is 102 cm³/mol. The van der Waals surface area contributed by atoms with Crippen LogP contribution >= 0.6 is 11.6 Å². The summed E-state index contributed by atoms with van der Waals surface area (Å²) in [5.41, 5.74) is 3.23. The minimum Gasteiger partial charge on any atom is -0.463 e. The van der Waals surface area contributed by atoms with Crippen molar-refractivity contribution in [3.05, 3.63) is 63.7 Å². The molecule has 5 nitrogen and oxygen atoms in total. The Kier molecular flexibility index (Phi) is 5.07. The minimum absolute atomic E-state index is 0.133. The molecule has 0 spiro atoms. The van der Waals surface area contributed by atoms with Crippen molar-refractivity contribution in [3.8, 4) is 0 Å². The standard InChI is InChI=1S/C19H18ClNO4S/c1-3-25-19(22)15-9-13-7-8-16(11-14(13)10-15)21-26(23,24)18-6-4-5-17(20)12(18)2/h4-8,10-11,21H,3,9H2,1-2H3. The Balaban J connectivity index is 1.88. The van der Waals surface area contributed by atoms with Gasteiger partial charge in [-0.25, -0.2) is 13.2 Å². The number of halogens is 1. The Labute approximate surface area is 157 Å². The number of ether oxygens (including phenoxy) is 1. The highest BCUT2D eigenvalue weighted by atomic mass is 35.5. The molecule has 0 saturated carbocycles. The number of hydrogen-bond acceptors (Lipinski definition) is 4. The average Bonchev–Trinajstić information content (AvgIpc) is 3.00. The fourth-order valence-electron chi connectivity index (χ4n) is 2.84. The first-order chi connectivity index (χ1) is 12.3. The van der Waals surface area contributed by atoms with Crippen molar-refractivity contribution >= 4 is 39.4 Å². The van der Waals surface area contributed by atoms with Crippen LogP contribution in [0.4, 0.5) is 5.69 Å². The van der Waals surface area contributed by atoms with E-state index in [1.165, 1.54) is 6.07 Å². The van der Waals surface area contributed by atoms with E-state index in [1.807, 2.05) is 0 Å². The lowest BCUT2D eigenvalue weighted by molar-refractivity contribution is -0.138. The second-order valence-corrected chi connectivity index (χ2v) is 8.01. The van der Waals surface area contributed by atoms with Crippen LogP contribution < -0.4 is 4.72 Å². The second-order valence-electron chi connectivity index (χ2n) is 5.95. The molecular weight excluding hydrogens is 374 g/mol. The van der Waals surface area contributed by atoms with Crippen LogP contribution in [-0.4, -0.2) is 21.0 Å². The van der Waals surface area contributed by atoms with Gasteiger partial charge in [-0.05, 0) is 60.9 Å². The molecule has 0 radical (unpaired) electrons. The van der Waals surface area contributed by atoms with Gasteiger partial charge in [0.15, 0.2) is 0 Å². The molecule has 0 amide bonds. The molecule has 1 aliphatic carbocycles. The number of benzene rings is 2. The number of hydrogen-bond donors (Lipinski definition) is 1. The van der Waals surface area contributed by atoms with E-state index in [0.29, 0.717) is 34.9 Å². The highest BCUT2D eigenvalue weighted by Gasteiger charge is 2.22. The molecule has 136 valence electrons. The number of carbonyl (C=O) groups excluding carboxylic acids is 1. The summed E-state index contributed by atoms with van der Waals surface area (Å²) in [6.07, 6.45) is 2.21. The topological polar surface area (TPSA) is 72.5 Å². The van der Waals surface area contributed by atoms with Crippen LogP contribution in [0, 0.1) is 6.92 Å². The number of carbonyl (C=O) groups is 1. The Morgan fingerprint density at radius 3 is 2.77 bits per heavy atom. The molecule has 2 aromatic rings. The summed E-state index contributed by atoms with van der Waals surface area (Å²) in [5, 5.41) is 0.392. The highest BCUT2D eigenvalue weighted by molar-refractivity contribution is 7.92. The molecule has 0 atom stereocenters. The third kappa shape index (κ3) is 3.61. The van der Waals surface area contributed by atoms with E-state index < -0.39 is 10.0 Å². The maximum Gasteiger partial charge on any atom is 0.334 e. The molecule has 7 heteroatoms. The van der Waals surface area contributed by atoms with E-state index >= 15 is 0 Å². The molecule has 1 aliphatic rings. The van der Waals surface area contributed by atoms with Crippen molar-refractivity contribution in [2.45, 2.75) is 25.2 Å². The van der Waals surface area contributed by atoms with E-state index in [0.717, 1.165) is 11.1 Å². The number of sulfonamides is 1.